The van der Waals surface area contributed by atoms with E-state index in [4.69, 9.17) is 5.11 Å². The van der Waals surface area contributed by atoms with Gasteiger partial charge >= 0.3 is 12.0 Å². The summed E-state index contributed by atoms with van der Waals surface area (Å²) in [4.78, 5) is 35.6. The summed E-state index contributed by atoms with van der Waals surface area (Å²) < 4.78 is 12.9. The topological polar surface area (TPSA) is 108 Å². The van der Waals surface area contributed by atoms with Crippen molar-refractivity contribution in [1.29, 1.82) is 0 Å². The van der Waals surface area contributed by atoms with Crippen LogP contribution in [0.4, 0.5) is 14.9 Å². The van der Waals surface area contributed by atoms with Crippen LogP contribution in [-0.2, 0) is 11.3 Å². The molecule has 2 aromatic carbocycles. The molecule has 2 rings (SSSR count). The van der Waals surface area contributed by atoms with E-state index in [2.05, 4.69) is 16.0 Å². The van der Waals surface area contributed by atoms with Crippen LogP contribution in [0.1, 0.15) is 35.7 Å². The Labute approximate surface area is 162 Å². The molecule has 0 saturated heterocycles. The number of amides is 3. The van der Waals surface area contributed by atoms with Crippen LogP contribution >= 0.6 is 0 Å². The predicted octanol–water partition coefficient (Wildman–Crippen LogP) is 3.13. The number of benzene rings is 2. The quantitative estimate of drug-likeness (QED) is 0.558. The van der Waals surface area contributed by atoms with E-state index in [1.807, 2.05) is 6.92 Å². The van der Waals surface area contributed by atoms with Gasteiger partial charge in [0.15, 0.2) is 0 Å². The number of urea groups is 1. The van der Waals surface area contributed by atoms with Gasteiger partial charge in [-0.15, -0.1) is 0 Å². The van der Waals surface area contributed by atoms with E-state index in [-0.39, 0.29) is 17.9 Å². The fourth-order valence-corrected chi connectivity index (χ4v) is 2.51. The zero-order chi connectivity index (χ0) is 20.5. The van der Waals surface area contributed by atoms with Crippen LogP contribution < -0.4 is 16.0 Å². The van der Waals surface area contributed by atoms with Crippen molar-refractivity contribution in [1.82, 2.24) is 10.6 Å². The zero-order valence-corrected chi connectivity index (χ0v) is 15.4. The molecule has 1 unspecified atom stereocenters. The van der Waals surface area contributed by atoms with E-state index in [9.17, 15) is 18.8 Å². The van der Waals surface area contributed by atoms with Gasteiger partial charge in [-0.2, -0.15) is 0 Å². The van der Waals surface area contributed by atoms with Crippen molar-refractivity contribution >= 4 is 23.6 Å². The van der Waals surface area contributed by atoms with Crippen molar-refractivity contribution < 1.29 is 23.9 Å². The summed E-state index contributed by atoms with van der Waals surface area (Å²) in [5.74, 6) is -1.90. The molecule has 1 atom stereocenters. The van der Waals surface area contributed by atoms with Crippen molar-refractivity contribution in [2.75, 3.05) is 5.32 Å². The summed E-state index contributed by atoms with van der Waals surface area (Å²) in [6, 6.07) is 10.3. The summed E-state index contributed by atoms with van der Waals surface area (Å²) in [6.45, 7) is 2.07. The lowest BCUT2D eigenvalue weighted by atomic mass is 10.1. The molecule has 0 radical (unpaired) electrons. The van der Waals surface area contributed by atoms with Crippen LogP contribution in [0.15, 0.2) is 48.5 Å². The number of carboxylic acids is 1. The molecule has 0 saturated carbocycles. The number of halogens is 1. The summed E-state index contributed by atoms with van der Waals surface area (Å²) in [6.07, 6.45) is 1.07. The first-order chi connectivity index (χ1) is 13.4. The van der Waals surface area contributed by atoms with E-state index < -0.39 is 23.9 Å². The second kappa shape index (κ2) is 10.1. The number of rotatable bonds is 8. The maximum Gasteiger partial charge on any atom is 0.335 e. The Balaban J connectivity index is 1.94. The number of anilines is 1. The van der Waals surface area contributed by atoms with Gasteiger partial charge in [-0.25, -0.2) is 14.0 Å². The second-order valence-electron chi connectivity index (χ2n) is 6.17. The summed E-state index contributed by atoms with van der Waals surface area (Å²) in [5.41, 5.74) is 1.10. The molecule has 3 amide bonds. The highest BCUT2D eigenvalue weighted by molar-refractivity contribution is 5.98. The van der Waals surface area contributed by atoms with Crippen molar-refractivity contribution in [3.63, 3.8) is 0 Å². The average molecular weight is 387 g/mol. The standard InChI is InChI=1S/C20H22FN3O4/c1-2-4-17(18(25)23-16-6-3-5-14(11-16)19(26)27)24-20(28)22-12-13-7-9-15(21)10-8-13/h3,5-11,17H,2,4,12H2,1H3,(H,23,25)(H,26,27)(H2,22,24,28). The lowest BCUT2D eigenvalue weighted by Crippen LogP contribution is -2.47. The predicted molar refractivity (Wildman–Crippen MR) is 102 cm³/mol. The lowest BCUT2D eigenvalue weighted by Gasteiger charge is -2.18. The molecule has 0 bridgehead atoms. The van der Waals surface area contributed by atoms with Gasteiger partial charge in [-0.1, -0.05) is 31.5 Å². The number of carbonyl (C=O) groups excluding carboxylic acids is 2. The molecule has 0 aliphatic carbocycles. The Hall–Kier alpha value is -3.42. The zero-order valence-electron chi connectivity index (χ0n) is 15.4. The molecule has 0 aromatic heterocycles. The Kier molecular flexibility index (Phi) is 7.50. The molecule has 0 spiro atoms. The first-order valence-electron chi connectivity index (χ1n) is 8.82. The van der Waals surface area contributed by atoms with Gasteiger partial charge in [0.1, 0.15) is 11.9 Å². The third kappa shape index (κ3) is 6.39. The monoisotopic (exact) mass is 387 g/mol. The van der Waals surface area contributed by atoms with Gasteiger partial charge in [-0.05, 0) is 42.3 Å². The summed E-state index contributed by atoms with van der Waals surface area (Å²) in [7, 11) is 0. The highest BCUT2D eigenvalue weighted by atomic mass is 19.1. The van der Waals surface area contributed by atoms with Gasteiger partial charge < -0.3 is 21.1 Å². The van der Waals surface area contributed by atoms with E-state index in [1.165, 1.54) is 30.3 Å². The smallest absolute Gasteiger partial charge is 0.335 e. The Morgan fingerprint density at radius 2 is 1.82 bits per heavy atom. The van der Waals surface area contributed by atoms with E-state index >= 15 is 0 Å². The second-order valence-corrected chi connectivity index (χ2v) is 6.17. The van der Waals surface area contributed by atoms with Crippen LogP contribution in [0.25, 0.3) is 0 Å². The summed E-state index contributed by atoms with van der Waals surface area (Å²) >= 11 is 0. The van der Waals surface area contributed by atoms with E-state index in [0.717, 1.165) is 5.56 Å². The van der Waals surface area contributed by atoms with Crippen LogP contribution in [0.2, 0.25) is 0 Å². The van der Waals surface area contributed by atoms with Gasteiger partial charge in [-0.3, -0.25) is 4.79 Å². The lowest BCUT2D eigenvalue weighted by molar-refractivity contribution is -0.118. The van der Waals surface area contributed by atoms with Crippen molar-refractivity contribution in [3.8, 4) is 0 Å². The number of carboxylic acid groups (broad SMARTS) is 1. The number of hydrogen-bond acceptors (Lipinski definition) is 3. The van der Waals surface area contributed by atoms with Gasteiger partial charge in [0, 0.05) is 12.2 Å². The van der Waals surface area contributed by atoms with Crippen molar-refractivity contribution in [2.24, 2.45) is 0 Å². The summed E-state index contributed by atoms with van der Waals surface area (Å²) in [5, 5.41) is 16.9. The number of carbonyl (C=O) groups is 3. The molecule has 7 nitrogen and oxygen atoms in total. The molecule has 0 aliphatic heterocycles. The van der Waals surface area contributed by atoms with Crippen molar-refractivity contribution in [2.45, 2.75) is 32.4 Å². The Bertz CT molecular complexity index is 840. The number of aromatic carboxylic acids is 1. The Morgan fingerprint density at radius 1 is 1.11 bits per heavy atom. The first kappa shape index (κ1) is 20.9. The maximum atomic E-state index is 12.9. The average Bonchev–Trinajstić information content (AvgIpc) is 2.67. The third-order valence-electron chi connectivity index (χ3n) is 3.94. The number of hydrogen-bond donors (Lipinski definition) is 4. The first-order valence-corrected chi connectivity index (χ1v) is 8.82. The van der Waals surface area contributed by atoms with Crippen LogP contribution in [0.3, 0.4) is 0 Å². The van der Waals surface area contributed by atoms with E-state index in [1.54, 1.807) is 18.2 Å². The number of nitrogens with one attached hydrogen (secondary N) is 3. The molecule has 0 aliphatic rings. The van der Waals surface area contributed by atoms with Gasteiger partial charge in [0.2, 0.25) is 5.91 Å². The fraction of sp³-hybridized carbons (Fsp3) is 0.250. The van der Waals surface area contributed by atoms with Crippen LogP contribution in [-0.4, -0.2) is 29.1 Å². The van der Waals surface area contributed by atoms with Gasteiger partial charge in [0.05, 0.1) is 5.56 Å². The Morgan fingerprint density at radius 3 is 2.46 bits per heavy atom. The molecule has 4 N–H and O–H groups in total. The molecule has 28 heavy (non-hydrogen) atoms. The minimum absolute atomic E-state index is 0.0508. The molecule has 0 fully saturated rings. The highest BCUT2D eigenvalue weighted by Gasteiger charge is 2.20. The molecule has 2 aromatic rings. The molecular weight excluding hydrogens is 365 g/mol. The van der Waals surface area contributed by atoms with Crippen LogP contribution in [0.5, 0.6) is 0 Å². The molecular formula is C20H22FN3O4. The van der Waals surface area contributed by atoms with Crippen LogP contribution in [0, 0.1) is 5.82 Å². The molecule has 8 heteroatoms. The molecule has 0 heterocycles. The minimum atomic E-state index is -1.10. The highest BCUT2D eigenvalue weighted by Crippen LogP contribution is 2.12. The molecule has 148 valence electrons. The van der Waals surface area contributed by atoms with Crippen molar-refractivity contribution in [3.05, 3.63) is 65.5 Å². The SMILES string of the molecule is CCCC(NC(=O)NCc1ccc(F)cc1)C(=O)Nc1cccc(C(=O)O)c1. The largest absolute Gasteiger partial charge is 0.478 e. The minimum Gasteiger partial charge on any atom is -0.478 e. The fourth-order valence-electron chi connectivity index (χ4n) is 2.51. The maximum absolute atomic E-state index is 12.9. The normalized spacial score (nSPS) is 11.4. The third-order valence-corrected chi connectivity index (χ3v) is 3.94. The van der Waals surface area contributed by atoms with E-state index in [0.29, 0.717) is 18.5 Å². The van der Waals surface area contributed by atoms with Gasteiger partial charge in [0.25, 0.3) is 0 Å².